The van der Waals surface area contributed by atoms with E-state index in [1.807, 2.05) is 30.3 Å². The molecule has 1 aromatic heterocycles. The van der Waals surface area contributed by atoms with Crippen molar-refractivity contribution in [3.05, 3.63) is 64.5 Å². The molecule has 1 atom stereocenters. The van der Waals surface area contributed by atoms with E-state index in [9.17, 15) is 0 Å². The summed E-state index contributed by atoms with van der Waals surface area (Å²) in [5.41, 5.74) is 1.21. The Morgan fingerprint density at radius 1 is 1.13 bits per heavy atom. The molecule has 0 amide bonds. The van der Waals surface area contributed by atoms with Gasteiger partial charge >= 0.3 is 0 Å². The zero-order chi connectivity index (χ0) is 15.1. The molecule has 0 saturated carbocycles. The van der Waals surface area contributed by atoms with Crippen LogP contribution in [-0.2, 0) is 6.54 Å². The highest BCUT2D eigenvalue weighted by molar-refractivity contribution is 9.10. The molecule has 0 saturated heterocycles. The molecule has 4 rings (SSSR count). The van der Waals surface area contributed by atoms with Crippen LogP contribution in [0.1, 0.15) is 17.4 Å². The van der Waals surface area contributed by atoms with E-state index >= 15 is 0 Å². The maximum atomic E-state index is 6.32. The maximum absolute atomic E-state index is 6.32. The molecule has 120 valence electrons. The molecule has 0 bridgehead atoms. The SMILES string of the molecule is CN1Cc2ccoc2C(Oc2ccc(Br)c3ccccc23)C1.Cl. The van der Waals surface area contributed by atoms with Crippen molar-refractivity contribution in [1.29, 1.82) is 0 Å². The lowest BCUT2D eigenvalue weighted by Gasteiger charge is -2.29. The summed E-state index contributed by atoms with van der Waals surface area (Å²) in [5, 5.41) is 2.27. The van der Waals surface area contributed by atoms with Crippen LogP contribution in [0.5, 0.6) is 5.75 Å². The van der Waals surface area contributed by atoms with Gasteiger partial charge in [0.25, 0.3) is 0 Å². The zero-order valence-electron chi connectivity index (χ0n) is 12.7. The van der Waals surface area contributed by atoms with Crippen LogP contribution in [0, 0.1) is 0 Å². The molecule has 3 nitrogen and oxygen atoms in total. The lowest BCUT2D eigenvalue weighted by molar-refractivity contribution is 0.108. The Labute approximate surface area is 149 Å². The first kappa shape index (κ1) is 16.4. The molecule has 0 aliphatic carbocycles. The molecule has 1 aliphatic rings. The van der Waals surface area contributed by atoms with Crippen molar-refractivity contribution in [3.63, 3.8) is 0 Å². The minimum atomic E-state index is -0.0756. The van der Waals surface area contributed by atoms with Crippen molar-refractivity contribution in [2.24, 2.45) is 0 Å². The summed E-state index contributed by atoms with van der Waals surface area (Å²) < 4.78 is 13.1. The highest BCUT2D eigenvalue weighted by Gasteiger charge is 2.28. The highest BCUT2D eigenvalue weighted by Crippen LogP contribution is 2.36. The summed E-state index contributed by atoms with van der Waals surface area (Å²) in [6.45, 7) is 1.73. The van der Waals surface area contributed by atoms with Crippen LogP contribution >= 0.6 is 28.3 Å². The summed E-state index contributed by atoms with van der Waals surface area (Å²) in [6, 6.07) is 14.3. The van der Waals surface area contributed by atoms with Crippen molar-refractivity contribution in [2.45, 2.75) is 12.6 Å². The summed E-state index contributed by atoms with van der Waals surface area (Å²) in [6.07, 6.45) is 1.67. The molecule has 2 heterocycles. The largest absolute Gasteiger partial charge is 0.480 e. The number of hydrogen-bond donors (Lipinski definition) is 0. The standard InChI is InChI=1S/C18H16BrNO2.ClH/c1-20-10-12-8-9-21-18(12)17(11-20)22-16-7-6-15(19)13-4-2-3-5-14(13)16;/h2-9,17H,10-11H2,1H3;1H. The first-order chi connectivity index (χ1) is 10.7. The van der Waals surface area contributed by atoms with Gasteiger partial charge in [0.1, 0.15) is 11.5 Å². The van der Waals surface area contributed by atoms with Crippen molar-refractivity contribution in [2.75, 3.05) is 13.6 Å². The number of benzene rings is 2. The smallest absolute Gasteiger partial charge is 0.169 e. The number of rotatable bonds is 2. The minimum Gasteiger partial charge on any atom is -0.480 e. The van der Waals surface area contributed by atoms with E-state index < -0.39 is 0 Å². The molecule has 1 aliphatic heterocycles. The van der Waals surface area contributed by atoms with Crippen molar-refractivity contribution < 1.29 is 9.15 Å². The molecule has 1 unspecified atom stereocenters. The molecular formula is C18H17BrClNO2. The van der Waals surface area contributed by atoms with Crippen LogP contribution < -0.4 is 4.74 Å². The molecule has 2 aromatic carbocycles. The third-order valence-electron chi connectivity index (χ3n) is 4.09. The molecule has 23 heavy (non-hydrogen) atoms. The first-order valence-corrected chi connectivity index (χ1v) is 8.10. The Balaban J connectivity index is 0.00000156. The monoisotopic (exact) mass is 393 g/mol. The van der Waals surface area contributed by atoms with E-state index in [0.717, 1.165) is 39.8 Å². The number of nitrogens with zero attached hydrogens (tertiary/aromatic N) is 1. The van der Waals surface area contributed by atoms with Gasteiger partial charge in [-0.05, 0) is 30.6 Å². The van der Waals surface area contributed by atoms with Gasteiger partial charge in [0.05, 0.1) is 6.26 Å². The van der Waals surface area contributed by atoms with E-state index in [4.69, 9.17) is 9.15 Å². The van der Waals surface area contributed by atoms with E-state index in [1.54, 1.807) is 6.26 Å². The number of hydrogen-bond acceptors (Lipinski definition) is 3. The first-order valence-electron chi connectivity index (χ1n) is 7.31. The van der Waals surface area contributed by atoms with Crippen molar-refractivity contribution in [3.8, 4) is 5.75 Å². The van der Waals surface area contributed by atoms with Crippen LogP contribution in [0.25, 0.3) is 10.8 Å². The van der Waals surface area contributed by atoms with Gasteiger partial charge in [-0.1, -0.05) is 40.2 Å². The summed E-state index contributed by atoms with van der Waals surface area (Å²) in [4.78, 5) is 2.25. The normalized spacial score (nSPS) is 17.6. The average molecular weight is 395 g/mol. The van der Waals surface area contributed by atoms with E-state index in [1.165, 1.54) is 5.56 Å². The Kier molecular flexibility index (Phi) is 4.67. The summed E-state index contributed by atoms with van der Waals surface area (Å²) in [7, 11) is 2.10. The quantitative estimate of drug-likeness (QED) is 0.599. The Bertz CT molecular complexity index is 833. The Hall–Kier alpha value is -1.49. The van der Waals surface area contributed by atoms with Gasteiger partial charge in [0.2, 0.25) is 0 Å². The van der Waals surface area contributed by atoms with E-state index in [-0.39, 0.29) is 18.5 Å². The molecular weight excluding hydrogens is 378 g/mol. The Morgan fingerprint density at radius 3 is 2.74 bits per heavy atom. The van der Waals surface area contributed by atoms with Crippen LogP contribution in [0.4, 0.5) is 0 Å². The predicted molar refractivity (Wildman–Crippen MR) is 97.3 cm³/mol. The fourth-order valence-electron chi connectivity index (χ4n) is 3.06. The van der Waals surface area contributed by atoms with Crippen LogP contribution in [0.15, 0.2) is 57.6 Å². The molecule has 5 heteroatoms. The zero-order valence-corrected chi connectivity index (χ0v) is 15.1. The lowest BCUT2D eigenvalue weighted by atomic mass is 10.1. The lowest BCUT2D eigenvalue weighted by Crippen LogP contribution is -2.32. The van der Waals surface area contributed by atoms with Gasteiger partial charge < -0.3 is 9.15 Å². The van der Waals surface area contributed by atoms with Crippen molar-refractivity contribution >= 4 is 39.1 Å². The molecule has 0 N–H and O–H groups in total. The van der Waals surface area contributed by atoms with Crippen LogP contribution in [0.2, 0.25) is 0 Å². The van der Waals surface area contributed by atoms with Crippen LogP contribution in [-0.4, -0.2) is 18.5 Å². The van der Waals surface area contributed by atoms with Crippen LogP contribution in [0.3, 0.4) is 0 Å². The van der Waals surface area contributed by atoms with E-state index in [2.05, 4.69) is 40.0 Å². The molecule has 3 aromatic rings. The maximum Gasteiger partial charge on any atom is 0.169 e. The summed E-state index contributed by atoms with van der Waals surface area (Å²) in [5.74, 6) is 1.84. The fourth-order valence-corrected chi connectivity index (χ4v) is 3.54. The second-order valence-electron chi connectivity index (χ2n) is 5.70. The van der Waals surface area contributed by atoms with Gasteiger partial charge in [-0.3, -0.25) is 4.90 Å². The number of ether oxygens (including phenoxy) is 1. The minimum absolute atomic E-state index is 0. The number of halogens is 2. The highest BCUT2D eigenvalue weighted by atomic mass is 79.9. The number of furan rings is 1. The number of fused-ring (bicyclic) bond motifs is 2. The molecule has 0 fully saturated rings. The second kappa shape index (κ2) is 6.56. The fraction of sp³-hybridized carbons (Fsp3) is 0.222. The Morgan fingerprint density at radius 2 is 1.91 bits per heavy atom. The summed E-state index contributed by atoms with van der Waals surface area (Å²) >= 11 is 3.60. The van der Waals surface area contributed by atoms with Gasteiger partial charge in [0.15, 0.2) is 6.10 Å². The molecule has 0 spiro atoms. The average Bonchev–Trinajstić information content (AvgIpc) is 2.98. The van der Waals surface area contributed by atoms with Gasteiger partial charge in [0, 0.05) is 28.5 Å². The van der Waals surface area contributed by atoms with Gasteiger partial charge in [-0.15, -0.1) is 12.4 Å². The number of likely N-dealkylation sites (N-methyl/N-ethyl adjacent to an activating group) is 1. The van der Waals surface area contributed by atoms with Crippen molar-refractivity contribution in [1.82, 2.24) is 4.90 Å². The van der Waals surface area contributed by atoms with E-state index in [0.29, 0.717) is 0 Å². The molecule has 0 radical (unpaired) electrons. The third-order valence-corrected chi connectivity index (χ3v) is 4.78. The van der Waals surface area contributed by atoms with Gasteiger partial charge in [-0.25, -0.2) is 0 Å². The predicted octanol–water partition coefficient (Wildman–Crippen LogP) is 5.18. The topological polar surface area (TPSA) is 25.6 Å². The third kappa shape index (κ3) is 2.99. The second-order valence-corrected chi connectivity index (χ2v) is 6.56. The van der Waals surface area contributed by atoms with Gasteiger partial charge in [-0.2, -0.15) is 0 Å².